The maximum atomic E-state index is 4.40. The van der Waals surface area contributed by atoms with Crippen LogP contribution in [-0.4, -0.2) is 12.9 Å². The van der Waals surface area contributed by atoms with E-state index < -0.39 is 0 Å². The van der Waals surface area contributed by atoms with Crippen molar-refractivity contribution in [1.29, 1.82) is 0 Å². The van der Waals surface area contributed by atoms with Crippen LogP contribution in [0.3, 0.4) is 0 Å². The van der Waals surface area contributed by atoms with Crippen molar-refractivity contribution in [2.24, 2.45) is 4.99 Å². The molecule has 57 valence electrons. The maximum Gasteiger partial charge on any atom is 0.210 e. The van der Waals surface area contributed by atoms with Crippen molar-refractivity contribution in [1.82, 2.24) is 0 Å². The molecule has 12 heavy (non-hydrogen) atoms. The molecule has 1 aromatic carbocycles. The van der Waals surface area contributed by atoms with Crippen molar-refractivity contribution in [3.05, 3.63) is 36.4 Å². The molecule has 2 heteroatoms. The van der Waals surface area contributed by atoms with Crippen LogP contribution in [0.5, 0.6) is 0 Å². The highest BCUT2D eigenvalue weighted by Gasteiger charge is 2.12. The topological polar surface area (TPSA) is 12.4 Å². The van der Waals surface area contributed by atoms with Crippen molar-refractivity contribution in [3.8, 4) is 0 Å². The molecule has 0 spiro atoms. The summed E-state index contributed by atoms with van der Waals surface area (Å²) >= 11 is 0. The zero-order chi connectivity index (χ0) is 8.55. The molecule has 0 fully saturated rings. The Labute approximate surface area is 73.1 Å². The Morgan fingerprint density at radius 3 is 2.92 bits per heavy atom. The van der Waals surface area contributed by atoms with Crippen LogP contribution in [0.25, 0.3) is 5.47 Å². The number of aliphatic imine (C=N–C) groups is 1. The number of benzene rings is 1. The summed E-state index contributed by atoms with van der Waals surface area (Å²) in [5.41, 5.74) is 4.25. The second kappa shape index (κ2) is 2.63. The molecule has 0 aromatic heterocycles. The van der Waals surface area contributed by atoms with Crippen LogP contribution in [0.2, 0.25) is 0 Å². The lowest BCUT2D eigenvalue weighted by atomic mass is 9.62. The van der Waals surface area contributed by atoms with E-state index in [1.807, 2.05) is 38.5 Å². The second-order valence-electron chi connectivity index (χ2n) is 2.94. The molecule has 2 rings (SSSR count). The minimum atomic E-state index is 1.03. The van der Waals surface area contributed by atoms with Crippen molar-refractivity contribution in [3.63, 3.8) is 0 Å². The fourth-order valence-corrected chi connectivity index (χ4v) is 1.39. The molecule has 0 aliphatic carbocycles. The third-order valence-corrected chi connectivity index (χ3v) is 1.93. The highest BCUT2D eigenvalue weighted by molar-refractivity contribution is 6.90. The third-order valence-electron chi connectivity index (χ3n) is 1.93. The number of rotatable bonds is 0. The Hall–Kier alpha value is -1.31. The van der Waals surface area contributed by atoms with Gasteiger partial charge in [-0.25, -0.2) is 0 Å². The zero-order valence-electron chi connectivity index (χ0n) is 7.04. The number of hydrogen-bond donors (Lipinski definition) is 0. The van der Waals surface area contributed by atoms with E-state index in [0.717, 1.165) is 22.3 Å². The number of hydrogen-bond acceptors (Lipinski definition) is 1. The van der Waals surface area contributed by atoms with Crippen LogP contribution < -0.4 is 0 Å². The van der Waals surface area contributed by atoms with Crippen molar-refractivity contribution < 1.29 is 0 Å². The SMILES string of the molecule is C=C1[B]C(C)=Nc2ccccc21. The minimum Gasteiger partial charge on any atom is -0.268 e. The Balaban J connectivity index is 2.62. The van der Waals surface area contributed by atoms with Gasteiger partial charge in [0.05, 0.1) is 5.69 Å². The van der Waals surface area contributed by atoms with Crippen LogP contribution in [0, 0.1) is 0 Å². The zero-order valence-corrected chi connectivity index (χ0v) is 7.04. The summed E-state index contributed by atoms with van der Waals surface area (Å²) < 4.78 is 0. The van der Waals surface area contributed by atoms with Crippen LogP contribution >= 0.6 is 0 Å². The summed E-state index contributed by atoms with van der Waals surface area (Å²) in [5, 5.41) is 0. The molecule has 1 heterocycles. The molecular formula is C10H9BN. The van der Waals surface area contributed by atoms with E-state index >= 15 is 0 Å². The Morgan fingerprint density at radius 2 is 2.08 bits per heavy atom. The fourth-order valence-electron chi connectivity index (χ4n) is 1.39. The molecule has 0 saturated heterocycles. The van der Waals surface area contributed by atoms with Gasteiger partial charge in [-0.05, 0) is 24.2 Å². The molecule has 1 radical (unpaired) electrons. The normalized spacial score (nSPS) is 14.8. The lowest BCUT2D eigenvalue weighted by Crippen LogP contribution is -2.10. The van der Waals surface area contributed by atoms with Crippen molar-refractivity contribution >= 4 is 24.1 Å². The maximum absolute atomic E-state index is 4.40. The van der Waals surface area contributed by atoms with Crippen LogP contribution in [0.15, 0.2) is 35.8 Å². The van der Waals surface area contributed by atoms with Crippen LogP contribution in [0.4, 0.5) is 5.69 Å². The lowest BCUT2D eigenvalue weighted by Gasteiger charge is -2.13. The first-order valence-electron chi connectivity index (χ1n) is 3.96. The molecule has 1 aliphatic heterocycles. The van der Waals surface area contributed by atoms with Gasteiger partial charge in [0.15, 0.2) is 0 Å². The average Bonchev–Trinajstić information content (AvgIpc) is 2.04. The molecule has 1 aromatic rings. The van der Waals surface area contributed by atoms with Gasteiger partial charge in [-0.2, -0.15) is 0 Å². The number of para-hydroxylation sites is 1. The van der Waals surface area contributed by atoms with Crippen LogP contribution in [-0.2, 0) is 0 Å². The lowest BCUT2D eigenvalue weighted by molar-refractivity contribution is 1.48. The molecular weight excluding hydrogens is 145 g/mol. The monoisotopic (exact) mass is 154 g/mol. The molecule has 0 amide bonds. The highest BCUT2D eigenvalue weighted by atomic mass is 14.7. The molecule has 0 saturated carbocycles. The first-order chi connectivity index (χ1) is 5.77. The van der Waals surface area contributed by atoms with Gasteiger partial charge in [-0.3, -0.25) is 4.99 Å². The van der Waals surface area contributed by atoms with Gasteiger partial charge in [0.1, 0.15) is 0 Å². The smallest absolute Gasteiger partial charge is 0.210 e. The molecule has 1 nitrogen and oxygen atoms in total. The summed E-state index contributed by atoms with van der Waals surface area (Å²) in [6.07, 6.45) is 0. The standard InChI is InChI=1S/C10H9BN/c1-7-9-5-3-4-6-10(9)12-8(2)11-7/h3-6H,1H2,2H3. The van der Waals surface area contributed by atoms with Crippen LogP contribution in [0.1, 0.15) is 12.5 Å². The van der Waals surface area contributed by atoms with Gasteiger partial charge >= 0.3 is 0 Å². The first kappa shape index (κ1) is 7.35. The summed E-state index contributed by atoms with van der Waals surface area (Å²) in [4.78, 5) is 4.40. The summed E-state index contributed by atoms with van der Waals surface area (Å²) in [6, 6.07) is 8.06. The van der Waals surface area contributed by atoms with E-state index in [0.29, 0.717) is 0 Å². The van der Waals surface area contributed by atoms with E-state index in [-0.39, 0.29) is 0 Å². The van der Waals surface area contributed by atoms with E-state index in [9.17, 15) is 0 Å². The molecule has 1 aliphatic rings. The van der Waals surface area contributed by atoms with Gasteiger partial charge in [-0.15, -0.1) is 6.58 Å². The first-order valence-corrected chi connectivity index (χ1v) is 3.96. The highest BCUT2D eigenvalue weighted by Crippen LogP contribution is 2.28. The largest absolute Gasteiger partial charge is 0.268 e. The van der Waals surface area contributed by atoms with E-state index in [1.54, 1.807) is 0 Å². The summed E-state index contributed by atoms with van der Waals surface area (Å²) in [5.74, 6) is 0. The molecule has 0 atom stereocenters. The Kier molecular flexibility index (Phi) is 1.61. The third kappa shape index (κ3) is 1.09. The van der Waals surface area contributed by atoms with Gasteiger partial charge in [0.2, 0.25) is 7.28 Å². The van der Waals surface area contributed by atoms with Crippen molar-refractivity contribution in [2.75, 3.05) is 0 Å². The average molecular weight is 154 g/mol. The van der Waals surface area contributed by atoms with E-state index in [4.69, 9.17) is 0 Å². The fraction of sp³-hybridized carbons (Fsp3) is 0.100. The van der Waals surface area contributed by atoms with E-state index in [1.165, 1.54) is 0 Å². The molecule has 0 N–H and O–H groups in total. The molecule has 0 unspecified atom stereocenters. The predicted octanol–water partition coefficient (Wildman–Crippen LogP) is 2.43. The number of nitrogens with zero attached hydrogens (tertiary/aromatic N) is 1. The summed E-state index contributed by atoms with van der Waals surface area (Å²) in [7, 11) is 2.00. The minimum absolute atomic E-state index is 1.03. The van der Waals surface area contributed by atoms with Gasteiger partial charge in [-0.1, -0.05) is 23.7 Å². The Bertz CT molecular complexity index is 366. The summed E-state index contributed by atoms with van der Waals surface area (Å²) in [6.45, 7) is 5.96. The molecule has 0 bridgehead atoms. The van der Waals surface area contributed by atoms with Gasteiger partial charge < -0.3 is 0 Å². The van der Waals surface area contributed by atoms with Gasteiger partial charge in [0.25, 0.3) is 0 Å². The second-order valence-corrected chi connectivity index (χ2v) is 2.94. The Morgan fingerprint density at radius 1 is 1.33 bits per heavy atom. The quantitative estimate of drug-likeness (QED) is 0.509. The van der Waals surface area contributed by atoms with Gasteiger partial charge in [0, 0.05) is 0 Å². The predicted molar refractivity (Wildman–Crippen MR) is 54.0 cm³/mol. The van der Waals surface area contributed by atoms with E-state index in [2.05, 4.69) is 11.6 Å². The number of fused-ring (bicyclic) bond motifs is 1. The van der Waals surface area contributed by atoms with Crippen molar-refractivity contribution in [2.45, 2.75) is 6.92 Å².